The number of hydrogen-bond donors (Lipinski definition) is 0. The van der Waals surface area contributed by atoms with Crippen LogP contribution in [0.15, 0.2) is 42.7 Å². The van der Waals surface area contributed by atoms with Gasteiger partial charge in [0, 0.05) is 37.5 Å². The first-order valence-corrected chi connectivity index (χ1v) is 10.2. The summed E-state index contributed by atoms with van der Waals surface area (Å²) < 4.78 is 1.88. The molecule has 1 aromatic carbocycles. The Labute approximate surface area is 163 Å². The summed E-state index contributed by atoms with van der Waals surface area (Å²) in [6.07, 6.45) is 5.16. The van der Waals surface area contributed by atoms with Crippen LogP contribution in [0.4, 0.5) is 0 Å². The number of fused-ring (bicyclic) bond motifs is 1. The van der Waals surface area contributed by atoms with E-state index in [2.05, 4.69) is 24.2 Å². The quantitative estimate of drug-likeness (QED) is 0.794. The van der Waals surface area contributed by atoms with Crippen molar-refractivity contribution in [3.8, 4) is 0 Å². The second-order valence-electron chi connectivity index (χ2n) is 7.49. The van der Waals surface area contributed by atoms with Crippen molar-refractivity contribution in [1.29, 1.82) is 0 Å². The largest absolute Gasteiger partial charge is 0.339 e. The van der Waals surface area contributed by atoms with E-state index in [-0.39, 0.29) is 22.7 Å². The van der Waals surface area contributed by atoms with Crippen LogP contribution in [-0.4, -0.2) is 55.1 Å². The third kappa shape index (κ3) is 3.48. The number of hydrogen-bond acceptors (Lipinski definition) is 4. The van der Waals surface area contributed by atoms with Crippen LogP contribution < -0.4 is 0 Å². The van der Waals surface area contributed by atoms with Crippen molar-refractivity contribution in [2.24, 2.45) is 0 Å². The molecule has 2 aliphatic rings. The maximum atomic E-state index is 13.0. The number of likely N-dealkylation sites (N-methyl/N-ethyl adjacent to an activating group) is 1. The zero-order valence-corrected chi connectivity index (χ0v) is 16.5. The molecule has 3 heterocycles. The van der Waals surface area contributed by atoms with Crippen molar-refractivity contribution >= 4 is 23.6 Å². The Kier molecular flexibility index (Phi) is 4.72. The number of benzene rings is 1. The predicted octanol–water partition coefficient (Wildman–Crippen LogP) is 2.34. The topological polar surface area (TPSA) is 58.4 Å². The molecule has 0 spiro atoms. The maximum absolute atomic E-state index is 13.0. The van der Waals surface area contributed by atoms with Crippen LogP contribution in [-0.2, 0) is 22.7 Å². The Morgan fingerprint density at radius 2 is 2.11 bits per heavy atom. The first-order chi connectivity index (χ1) is 13.0. The number of carbonyl (C=O) groups is 2. The minimum Gasteiger partial charge on any atom is -0.339 e. The highest BCUT2D eigenvalue weighted by Gasteiger charge is 2.53. The molecule has 1 aromatic heterocycles. The zero-order valence-electron chi connectivity index (χ0n) is 15.7. The van der Waals surface area contributed by atoms with Gasteiger partial charge in [-0.1, -0.05) is 30.3 Å². The SMILES string of the molecule is CN(Cc1cnn(Cc2ccccc2)c1)C(=O)[C@H]1CS[C@]2(C)CCC(=O)N12. The van der Waals surface area contributed by atoms with E-state index in [0.717, 1.165) is 12.0 Å². The lowest BCUT2D eigenvalue weighted by molar-refractivity contribution is -0.143. The number of aromatic nitrogens is 2. The minimum absolute atomic E-state index is 0.0114. The summed E-state index contributed by atoms with van der Waals surface area (Å²) in [6, 6.07) is 9.81. The first-order valence-electron chi connectivity index (χ1n) is 9.23. The van der Waals surface area contributed by atoms with Crippen molar-refractivity contribution in [2.45, 2.75) is 43.8 Å². The van der Waals surface area contributed by atoms with E-state index in [4.69, 9.17) is 0 Å². The summed E-state index contributed by atoms with van der Waals surface area (Å²) in [6.45, 7) is 3.27. The molecule has 0 unspecified atom stereocenters. The molecule has 7 heteroatoms. The normalized spacial score (nSPS) is 24.3. The van der Waals surface area contributed by atoms with Gasteiger partial charge < -0.3 is 9.80 Å². The van der Waals surface area contributed by atoms with Gasteiger partial charge in [-0.2, -0.15) is 5.10 Å². The third-order valence-electron chi connectivity index (χ3n) is 5.40. The van der Waals surface area contributed by atoms with Gasteiger partial charge in [-0.25, -0.2) is 0 Å². The average Bonchev–Trinajstić information content (AvgIpc) is 3.31. The number of thioether (sulfide) groups is 1. The molecule has 142 valence electrons. The molecule has 2 fully saturated rings. The summed E-state index contributed by atoms with van der Waals surface area (Å²) in [7, 11) is 1.80. The highest BCUT2D eigenvalue weighted by molar-refractivity contribution is 8.01. The van der Waals surface area contributed by atoms with Crippen LogP contribution in [0.25, 0.3) is 0 Å². The molecular formula is C20H24N4O2S. The molecular weight excluding hydrogens is 360 g/mol. The molecule has 2 amide bonds. The number of rotatable bonds is 5. The Balaban J connectivity index is 1.40. The van der Waals surface area contributed by atoms with Crippen LogP contribution in [0.3, 0.4) is 0 Å². The first kappa shape index (κ1) is 18.1. The second kappa shape index (κ2) is 7.03. The minimum atomic E-state index is -0.348. The Hall–Kier alpha value is -2.28. The van der Waals surface area contributed by atoms with Crippen LogP contribution in [0.1, 0.15) is 30.9 Å². The summed E-state index contributed by atoms with van der Waals surface area (Å²) in [5.41, 5.74) is 2.18. The molecule has 0 radical (unpaired) electrons. The lowest BCUT2D eigenvalue weighted by Gasteiger charge is -2.31. The predicted molar refractivity (Wildman–Crippen MR) is 105 cm³/mol. The monoisotopic (exact) mass is 384 g/mol. The van der Waals surface area contributed by atoms with Crippen LogP contribution >= 0.6 is 11.8 Å². The molecule has 2 atom stereocenters. The molecule has 2 saturated heterocycles. The summed E-state index contributed by atoms with van der Waals surface area (Å²) in [5.74, 6) is 0.792. The Morgan fingerprint density at radius 1 is 1.33 bits per heavy atom. The van der Waals surface area contributed by atoms with Crippen LogP contribution in [0.5, 0.6) is 0 Å². The third-order valence-corrected chi connectivity index (χ3v) is 6.91. The van der Waals surface area contributed by atoms with Gasteiger partial charge in [0.2, 0.25) is 11.8 Å². The molecule has 0 bridgehead atoms. The Bertz CT molecular complexity index is 853. The maximum Gasteiger partial charge on any atom is 0.246 e. The Morgan fingerprint density at radius 3 is 2.89 bits per heavy atom. The van der Waals surface area contributed by atoms with Gasteiger partial charge in [-0.15, -0.1) is 11.8 Å². The van der Waals surface area contributed by atoms with E-state index in [1.54, 1.807) is 29.9 Å². The molecule has 6 nitrogen and oxygen atoms in total. The van der Waals surface area contributed by atoms with Crippen LogP contribution in [0, 0.1) is 0 Å². The number of nitrogens with zero attached hydrogens (tertiary/aromatic N) is 4. The molecule has 0 aliphatic carbocycles. The van der Waals surface area contributed by atoms with Crippen molar-refractivity contribution in [3.63, 3.8) is 0 Å². The molecule has 27 heavy (non-hydrogen) atoms. The zero-order chi connectivity index (χ0) is 19.0. The van der Waals surface area contributed by atoms with E-state index in [1.807, 2.05) is 34.0 Å². The van der Waals surface area contributed by atoms with E-state index in [1.165, 1.54) is 5.56 Å². The summed E-state index contributed by atoms with van der Waals surface area (Å²) >= 11 is 1.73. The standard InChI is InChI=1S/C20H24N4O2S/c1-20-9-8-18(25)24(20)17(14-27-20)19(26)22(2)11-16-10-21-23(13-16)12-15-6-4-3-5-7-15/h3-7,10,13,17H,8-9,11-12,14H2,1-2H3/t17-,20-/m1/s1. The highest BCUT2D eigenvalue weighted by Crippen LogP contribution is 2.47. The van der Waals surface area contributed by atoms with Gasteiger partial charge in [0.1, 0.15) is 6.04 Å². The fraction of sp³-hybridized carbons (Fsp3) is 0.450. The van der Waals surface area contributed by atoms with Gasteiger partial charge in [-0.3, -0.25) is 14.3 Å². The van der Waals surface area contributed by atoms with E-state index in [9.17, 15) is 9.59 Å². The van der Waals surface area contributed by atoms with Crippen molar-refractivity contribution < 1.29 is 9.59 Å². The van der Waals surface area contributed by atoms with Gasteiger partial charge in [-0.05, 0) is 18.9 Å². The van der Waals surface area contributed by atoms with E-state index >= 15 is 0 Å². The van der Waals surface area contributed by atoms with E-state index < -0.39 is 0 Å². The van der Waals surface area contributed by atoms with Gasteiger partial charge in [0.25, 0.3) is 0 Å². The lowest BCUT2D eigenvalue weighted by atomic mass is 10.2. The lowest BCUT2D eigenvalue weighted by Crippen LogP contribution is -2.50. The molecule has 0 N–H and O–H groups in total. The average molecular weight is 385 g/mol. The number of amides is 2. The number of carbonyl (C=O) groups excluding carboxylic acids is 2. The van der Waals surface area contributed by atoms with Crippen molar-refractivity contribution in [1.82, 2.24) is 19.6 Å². The van der Waals surface area contributed by atoms with E-state index in [0.29, 0.717) is 25.3 Å². The van der Waals surface area contributed by atoms with Gasteiger partial charge >= 0.3 is 0 Å². The molecule has 2 aliphatic heterocycles. The molecule has 0 saturated carbocycles. The molecule has 2 aromatic rings. The fourth-order valence-corrected chi connectivity index (χ4v) is 5.38. The summed E-state index contributed by atoms with van der Waals surface area (Å²) in [4.78, 5) is 28.6. The van der Waals surface area contributed by atoms with Crippen molar-refractivity contribution in [3.05, 3.63) is 53.9 Å². The second-order valence-corrected chi connectivity index (χ2v) is 8.99. The smallest absolute Gasteiger partial charge is 0.246 e. The fourth-order valence-electron chi connectivity index (χ4n) is 3.95. The highest BCUT2D eigenvalue weighted by atomic mass is 32.2. The van der Waals surface area contributed by atoms with Crippen LogP contribution in [0.2, 0.25) is 0 Å². The van der Waals surface area contributed by atoms with Crippen molar-refractivity contribution in [2.75, 3.05) is 12.8 Å². The molecule has 4 rings (SSSR count). The van der Waals surface area contributed by atoms with Gasteiger partial charge in [0.15, 0.2) is 0 Å². The summed E-state index contributed by atoms with van der Waals surface area (Å²) in [5, 5.41) is 4.41. The van der Waals surface area contributed by atoms with Gasteiger partial charge in [0.05, 0.1) is 17.6 Å².